The number of aromatic nitrogens is 1. The maximum Gasteiger partial charge on any atom is 0.340 e. The standard InChI is InChI=1S/C18H26N4O4/c1-12(16(23)21-18(25)20-14-7-5-4-6-8-14)26-17(24)13-9-10-15(19-11-13)22(2)3/h9-12,14H,4-8H2,1-3H3,(H2,20,21,23,25)/t12-/m1/s1. The molecule has 1 aliphatic carbocycles. The van der Waals surface area contributed by atoms with Crippen molar-refractivity contribution in [1.82, 2.24) is 15.6 Å². The zero-order chi connectivity index (χ0) is 19.1. The SMILES string of the molecule is C[C@@H](OC(=O)c1ccc(N(C)C)nc1)C(=O)NC(=O)NC1CCCCC1. The quantitative estimate of drug-likeness (QED) is 0.776. The molecule has 142 valence electrons. The first-order valence-corrected chi connectivity index (χ1v) is 8.82. The van der Waals surface area contributed by atoms with Gasteiger partial charge in [0.2, 0.25) is 0 Å². The average Bonchev–Trinajstić information content (AvgIpc) is 2.62. The molecule has 0 unspecified atom stereocenters. The molecule has 0 radical (unpaired) electrons. The number of hydrogen-bond donors (Lipinski definition) is 2. The van der Waals surface area contributed by atoms with E-state index in [1.54, 1.807) is 17.0 Å². The highest BCUT2D eigenvalue weighted by Gasteiger charge is 2.22. The summed E-state index contributed by atoms with van der Waals surface area (Å²) in [5.74, 6) is -0.630. The molecule has 0 aliphatic heterocycles. The van der Waals surface area contributed by atoms with Crippen LogP contribution in [0, 0.1) is 0 Å². The summed E-state index contributed by atoms with van der Waals surface area (Å²) in [5.41, 5.74) is 0.238. The van der Waals surface area contributed by atoms with E-state index in [9.17, 15) is 14.4 Å². The number of nitrogens with one attached hydrogen (secondary N) is 2. The predicted molar refractivity (Wildman–Crippen MR) is 97.0 cm³/mol. The van der Waals surface area contributed by atoms with Crippen LogP contribution in [0.25, 0.3) is 0 Å². The molecule has 1 heterocycles. The van der Waals surface area contributed by atoms with E-state index in [1.165, 1.54) is 19.5 Å². The van der Waals surface area contributed by atoms with Gasteiger partial charge in [-0.1, -0.05) is 19.3 Å². The Balaban J connectivity index is 1.81. The molecule has 0 spiro atoms. The van der Waals surface area contributed by atoms with E-state index in [0.29, 0.717) is 5.82 Å². The molecule has 0 aromatic carbocycles. The smallest absolute Gasteiger partial charge is 0.340 e. The molecule has 0 saturated heterocycles. The molecule has 3 amide bonds. The van der Waals surface area contributed by atoms with Crippen LogP contribution in [0.4, 0.5) is 10.6 Å². The number of urea groups is 1. The number of ether oxygens (including phenoxy) is 1. The molecule has 2 rings (SSSR count). The van der Waals surface area contributed by atoms with Gasteiger partial charge in [0.05, 0.1) is 5.56 Å². The molecule has 1 saturated carbocycles. The number of pyridine rings is 1. The lowest BCUT2D eigenvalue weighted by Crippen LogP contribution is -2.48. The predicted octanol–water partition coefficient (Wildman–Crippen LogP) is 1.85. The Morgan fingerprint density at radius 3 is 2.46 bits per heavy atom. The van der Waals surface area contributed by atoms with Gasteiger partial charge in [-0.25, -0.2) is 14.6 Å². The number of carbonyl (C=O) groups is 3. The van der Waals surface area contributed by atoms with Gasteiger partial charge in [-0.3, -0.25) is 10.1 Å². The third-order valence-corrected chi connectivity index (χ3v) is 4.27. The van der Waals surface area contributed by atoms with E-state index in [2.05, 4.69) is 15.6 Å². The lowest BCUT2D eigenvalue weighted by Gasteiger charge is -2.23. The second kappa shape index (κ2) is 9.17. The van der Waals surface area contributed by atoms with Crippen molar-refractivity contribution in [2.24, 2.45) is 0 Å². The molecular weight excluding hydrogens is 336 g/mol. The van der Waals surface area contributed by atoms with Gasteiger partial charge in [0, 0.05) is 26.3 Å². The van der Waals surface area contributed by atoms with E-state index >= 15 is 0 Å². The van der Waals surface area contributed by atoms with Gasteiger partial charge in [-0.2, -0.15) is 0 Å². The minimum Gasteiger partial charge on any atom is -0.449 e. The monoisotopic (exact) mass is 362 g/mol. The van der Waals surface area contributed by atoms with Crippen LogP contribution < -0.4 is 15.5 Å². The molecule has 2 N–H and O–H groups in total. The highest BCUT2D eigenvalue weighted by atomic mass is 16.5. The molecule has 1 fully saturated rings. The van der Waals surface area contributed by atoms with E-state index in [1.807, 2.05) is 14.1 Å². The van der Waals surface area contributed by atoms with Gasteiger partial charge in [0.25, 0.3) is 5.91 Å². The third kappa shape index (κ3) is 5.72. The molecule has 8 nitrogen and oxygen atoms in total. The van der Waals surface area contributed by atoms with Crippen molar-refractivity contribution in [1.29, 1.82) is 0 Å². The van der Waals surface area contributed by atoms with Gasteiger partial charge in [0.15, 0.2) is 6.10 Å². The van der Waals surface area contributed by atoms with Gasteiger partial charge in [-0.05, 0) is 31.9 Å². The number of anilines is 1. The fraction of sp³-hybridized carbons (Fsp3) is 0.556. The Kier molecular flexibility index (Phi) is 6.94. The van der Waals surface area contributed by atoms with Crippen LogP contribution in [-0.2, 0) is 9.53 Å². The normalized spacial score (nSPS) is 15.7. The second-order valence-electron chi connectivity index (χ2n) is 6.64. The molecule has 1 aromatic rings. The van der Waals surface area contributed by atoms with Crippen molar-refractivity contribution in [3.63, 3.8) is 0 Å². The minimum atomic E-state index is -1.09. The fourth-order valence-corrected chi connectivity index (χ4v) is 2.74. The van der Waals surface area contributed by atoms with Crippen molar-refractivity contribution < 1.29 is 19.1 Å². The fourth-order valence-electron chi connectivity index (χ4n) is 2.74. The largest absolute Gasteiger partial charge is 0.449 e. The van der Waals surface area contributed by atoms with Crippen molar-refractivity contribution in [3.8, 4) is 0 Å². The first kappa shape index (κ1) is 19.7. The topological polar surface area (TPSA) is 101 Å². The minimum absolute atomic E-state index is 0.0932. The van der Waals surface area contributed by atoms with E-state index in [0.717, 1.165) is 25.7 Å². The van der Waals surface area contributed by atoms with E-state index in [4.69, 9.17) is 4.74 Å². The van der Waals surface area contributed by atoms with E-state index < -0.39 is 24.0 Å². The lowest BCUT2D eigenvalue weighted by molar-refractivity contribution is -0.127. The summed E-state index contributed by atoms with van der Waals surface area (Å²) in [6, 6.07) is 2.79. The zero-order valence-corrected chi connectivity index (χ0v) is 15.4. The zero-order valence-electron chi connectivity index (χ0n) is 15.4. The number of amides is 3. The Morgan fingerprint density at radius 1 is 1.19 bits per heavy atom. The first-order chi connectivity index (χ1) is 12.4. The molecule has 1 aromatic heterocycles. The summed E-state index contributed by atoms with van der Waals surface area (Å²) in [4.78, 5) is 41.9. The Bertz CT molecular complexity index is 639. The summed E-state index contributed by atoms with van der Waals surface area (Å²) in [6.45, 7) is 1.42. The van der Waals surface area contributed by atoms with Crippen LogP contribution in [0.5, 0.6) is 0 Å². The van der Waals surface area contributed by atoms with Crippen LogP contribution in [0.15, 0.2) is 18.3 Å². The second-order valence-corrected chi connectivity index (χ2v) is 6.64. The van der Waals surface area contributed by atoms with Gasteiger partial charge >= 0.3 is 12.0 Å². The summed E-state index contributed by atoms with van der Waals surface area (Å²) in [6.07, 6.45) is 5.47. The Labute approximate surface area is 153 Å². The lowest BCUT2D eigenvalue weighted by atomic mass is 9.96. The van der Waals surface area contributed by atoms with Crippen LogP contribution in [0.2, 0.25) is 0 Å². The van der Waals surface area contributed by atoms with Crippen LogP contribution in [0.3, 0.4) is 0 Å². The summed E-state index contributed by atoms with van der Waals surface area (Å²) < 4.78 is 5.10. The maximum absolute atomic E-state index is 12.1. The summed E-state index contributed by atoms with van der Waals surface area (Å²) >= 11 is 0. The van der Waals surface area contributed by atoms with Gasteiger partial charge in [-0.15, -0.1) is 0 Å². The highest BCUT2D eigenvalue weighted by molar-refractivity contribution is 5.98. The van der Waals surface area contributed by atoms with Crippen LogP contribution >= 0.6 is 0 Å². The van der Waals surface area contributed by atoms with Crippen LogP contribution in [-0.4, -0.2) is 49.1 Å². The number of hydrogen-bond acceptors (Lipinski definition) is 6. The number of carbonyl (C=O) groups excluding carboxylic acids is 3. The van der Waals surface area contributed by atoms with Crippen molar-refractivity contribution in [3.05, 3.63) is 23.9 Å². The summed E-state index contributed by atoms with van der Waals surface area (Å²) in [7, 11) is 3.68. The van der Waals surface area contributed by atoms with Gasteiger partial charge in [0.1, 0.15) is 5.82 Å². The van der Waals surface area contributed by atoms with Crippen molar-refractivity contribution in [2.45, 2.75) is 51.2 Å². The average molecular weight is 362 g/mol. The Morgan fingerprint density at radius 2 is 1.88 bits per heavy atom. The van der Waals surface area contributed by atoms with Crippen molar-refractivity contribution in [2.75, 3.05) is 19.0 Å². The van der Waals surface area contributed by atoms with E-state index in [-0.39, 0.29) is 11.6 Å². The molecule has 8 heteroatoms. The molecule has 26 heavy (non-hydrogen) atoms. The van der Waals surface area contributed by atoms with Gasteiger partial charge < -0.3 is 15.0 Å². The van der Waals surface area contributed by atoms with Crippen molar-refractivity contribution >= 4 is 23.7 Å². The van der Waals surface area contributed by atoms with Crippen LogP contribution in [0.1, 0.15) is 49.4 Å². The molecule has 1 aliphatic rings. The highest BCUT2D eigenvalue weighted by Crippen LogP contribution is 2.17. The molecular formula is C18H26N4O4. The molecule has 1 atom stereocenters. The number of nitrogens with zero attached hydrogens (tertiary/aromatic N) is 2. The third-order valence-electron chi connectivity index (χ3n) is 4.27. The first-order valence-electron chi connectivity index (χ1n) is 8.82. The maximum atomic E-state index is 12.1. The number of esters is 1. The summed E-state index contributed by atoms with van der Waals surface area (Å²) in [5, 5.41) is 5.00. The Hall–Kier alpha value is -2.64. The molecule has 0 bridgehead atoms. The number of rotatable bonds is 5. The number of imide groups is 1.